The van der Waals surface area contributed by atoms with E-state index in [2.05, 4.69) is 10.6 Å². The van der Waals surface area contributed by atoms with Crippen molar-refractivity contribution in [2.45, 2.75) is 143 Å². The topological polar surface area (TPSA) is 345 Å². The van der Waals surface area contributed by atoms with Crippen LogP contribution in [0.25, 0.3) is 0 Å². The molecule has 0 aromatic heterocycles. The molecule has 0 spiro atoms. The third-order valence-corrected chi connectivity index (χ3v) is 8.97. The molecule has 0 saturated carbocycles. The Balaban J connectivity index is 1.70. The molecule has 0 bridgehead atoms. The molecule has 290 valence electrons. The Bertz CT molecular complexity index is 1120. The van der Waals surface area contributed by atoms with Gasteiger partial charge in [-0.1, -0.05) is 0 Å². The average molecular weight is 733 g/mol. The fraction of sp³-hybridized carbons (Fsp3) is 0.929. The van der Waals surface area contributed by atoms with Gasteiger partial charge in [-0.25, -0.2) is 0 Å². The Morgan fingerprint density at radius 1 is 0.520 bits per heavy atom. The van der Waals surface area contributed by atoms with Gasteiger partial charge in [-0.15, -0.1) is 0 Å². The van der Waals surface area contributed by atoms with Crippen molar-refractivity contribution in [2.75, 3.05) is 19.8 Å². The maximum atomic E-state index is 12.2. The molecule has 0 radical (unpaired) electrons. The molecule has 0 aliphatic carbocycles. The molecular formula is C28H48N2O20. The molecule has 4 heterocycles. The van der Waals surface area contributed by atoms with Gasteiger partial charge in [0.15, 0.2) is 25.2 Å². The zero-order chi connectivity index (χ0) is 37.2. The van der Waals surface area contributed by atoms with Gasteiger partial charge in [0.1, 0.15) is 91.4 Å². The van der Waals surface area contributed by atoms with E-state index in [-0.39, 0.29) is 0 Å². The highest BCUT2D eigenvalue weighted by atomic mass is 16.8. The van der Waals surface area contributed by atoms with E-state index in [0.717, 1.165) is 13.8 Å². The van der Waals surface area contributed by atoms with Crippen LogP contribution in [0.2, 0.25) is 0 Å². The fourth-order valence-corrected chi connectivity index (χ4v) is 6.27. The predicted molar refractivity (Wildman–Crippen MR) is 156 cm³/mol. The molecule has 4 saturated heterocycles. The van der Waals surface area contributed by atoms with Crippen LogP contribution in [0.15, 0.2) is 0 Å². The van der Waals surface area contributed by atoms with E-state index < -0.39 is 154 Å². The number of hydrogen-bond donors (Lipinski definition) is 13. The summed E-state index contributed by atoms with van der Waals surface area (Å²) in [5.74, 6) is -1.41. The van der Waals surface area contributed by atoms with Crippen molar-refractivity contribution in [2.24, 2.45) is 0 Å². The van der Waals surface area contributed by atoms with Crippen LogP contribution in [0.3, 0.4) is 0 Å². The summed E-state index contributed by atoms with van der Waals surface area (Å²) in [6.07, 6.45) is -30.6. The molecule has 2 amide bonds. The number of amides is 2. The third kappa shape index (κ3) is 8.70. The van der Waals surface area contributed by atoms with Crippen LogP contribution in [-0.2, 0) is 42.7 Å². The number of nitrogens with one attached hydrogen (secondary N) is 2. The number of hydrogen-bond acceptors (Lipinski definition) is 20. The fourth-order valence-electron chi connectivity index (χ4n) is 6.27. The molecule has 0 aromatic rings. The summed E-state index contributed by atoms with van der Waals surface area (Å²) < 4.78 is 40.4. The van der Waals surface area contributed by atoms with Gasteiger partial charge >= 0.3 is 0 Å². The second-order valence-corrected chi connectivity index (χ2v) is 12.6. The molecule has 0 aromatic carbocycles. The van der Waals surface area contributed by atoms with Crippen LogP contribution in [-0.4, -0.2) is 211 Å². The quantitative estimate of drug-likeness (QED) is 0.0938. The van der Waals surface area contributed by atoms with Crippen LogP contribution >= 0.6 is 0 Å². The first-order chi connectivity index (χ1) is 23.5. The van der Waals surface area contributed by atoms with Crippen molar-refractivity contribution < 1.29 is 98.9 Å². The summed E-state index contributed by atoms with van der Waals surface area (Å²) >= 11 is 0. The van der Waals surface area contributed by atoms with Gasteiger partial charge in [-0.3, -0.25) is 9.59 Å². The summed E-state index contributed by atoms with van der Waals surface area (Å²) in [5, 5.41) is 120. The molecule has 0 unspecified atom stereocenters. The van der Waals surface area contributed by atoms with Crippen molar-refractivity contribution in [3.05, 3.63) is 0 Å². The zero-order valence-corrected chi connectivity index (χ0v) is 27.3. The minimum absolute atomic E-state index is 0.691. The largest absolute Gasteiger partial charge is 0.394 e. The molecule has 4 rings (SSSR count). The summed E-state index contributed by atoms with van der Waals surface area (Å²) in [6, 6.07) is -3.06. The van der Waals surface area contributed by atoms with E-state index in [4.69, 9.17) is 33.2 Å². The molecule has 50 heavy (non-hydrogen) atoms. The van der Waals surface area contributed by atoms with E-state index in [1.165, 1.54) is 6.92 Å². The molecule has 22 nitrogen and oxygen atoms in total. The average Bonchev–Trinajstić information content (AvgIpc) is 3.07. The first-order valence-electron chi connectivity index (χ1n) is 15.9. The van der Waals surface area contributed by atoms with Crippen molar-refractivity contribution in [1.82, 2.24) is 10.6 Å². The summed E-state index contributed by atoms with van der Waals surface area (Å²) in [7, 11) is 0. The number of aliphatic hydroxyl groups excluding tert-OH is 11. The molecule has 4 aliphatic rings. The lowest BCUT2D eigenvalue weighted by Gasteiger charge is -2.50. The lowest BCUT2D eigenvalue weighted by atomic mass is 9.94. The predicted octanol–water partition coefficient (Wildman–Crippen LogP) is -8.43. The normalized spacial score (nSPS) is 48.5. The van der Waals surface area contributed by atoms with E-state index >= 15 is 0 Å². The van der Waals surface area contributed by atoms with Crippen LogP contribution < -0.4 is 10.6 Å². The van der Waals surface area contributed by atoms with Crippen molar-refractivity contribution in [3.8, 4) is 0 Å². The summed E-state index contributed by atoms with van der Waals surface area (Å²) in [6.45, 7) is 1.01. The highest BCUT2D eigenvalue weighted by Gasteiger charge is 2.56. The SMILES string of the molecule is CC(=O)N[C@@H]1[C@@H](O[C@@H]2O[C@H](CO)[C@@H](O)[C@H](O)[C@H]2O)[C@@H](O[C@@H]2O[C@@H](C)[C@H](O)[C@@H](O)[C@H]2O[C@H]2O[C@H](CO)[C@@H](O)[C@H](O)[C@H]2NC(C)=O)[C@@H](CO)O[C@H]1O. The van der Waals surface area contributed by atoms with Gasteiger partial charge in [0.25, 0.3) is 0 Å². The van der Waals surface area contributed by atoms with Gasteiger partial charge in [0, 0.05) is 13.8 Å². The number of ether oxygens (including phenoxy) is 7. The van der Waals surface area contributed by atoms with Gasteiger partial charge < -0.3 is 100.0 Å². The highest BCUT2D eigenvalue weighted by Crippen LogP contribution is 2.35. The highest BCUT2D eigenvalue weighted by molar-refractivity contribution is 5.73. The Labute approximate surface area is 285 Å². The third-order valence-electron chi connectivity index (χ3n) is 8.97. The maximum absolute atomic E-state index is 12.2. The molecule has 13 N–H and O–H groups in total. The second kappa shape index (κ2) is 17.4. The first kappa shape index (κ1) is 41.0. The van der Waals surface area contributed by atoms with Crippen molar-refractivity contribution >= 4 is 11.8 Å². The van der Waals surface area contributed by atoms with E-state index in [0.29, 0.717) is 0 Å². The van der Waals surface area contributed by atoms with Gasteiger partial charge in [0.2, 0.25) is 11.8 Å². The minimum atomic E-state index is -1.96. The molecule has 4 fully saturated rings. The Morgan fingerprint density at radius 2 is 1.02 bits per heavy atom. The van der Waals surface area contributed by atoms with Gasteiger partial charge in [0.05, 0.1) is 25.9 Å². The lowest BCUT2D eigenvalue weighted by Crippen LogP contribution is -2.70. The molecule has 20 atom stereocenters. The zero-order valence-electron chi connectivity index (χ0n) is 27.3. The summed E-state index contributed by atoms with van der Waals surface area (Å²) in [4.78, 5) is 24.2. The van der Waals surface area contributed by atoms with Crippen LogP contribution in [0.5, 0.6) is 0 Å². The second-order valence-electron chi connectivity index (χ2n) is 12.6. The van der Waals surface area contributed by atoms with E-state index in [1.807, 2.05) is 0 Å². The number of carbonyl (C=O) groups is 2. The Kier molecular flexibility index (Phi) is 14.2. The standard InChI is InChI=1S/C28H48N2O20/c1-7-15(36)20(41)24(50-26-13(29-8(2)34)18(39)16(37)10(4-31)46-26)28(44-7)48-22-12(6-33)45-25(43)14(30-9(3)35)23(22)49-27-21(42)19(40)17(38)11(5-32)47-27/h7,10-28,31-33,36-43H,4-6H2,1-3H3,(H,29,34)(H,30,35)/t7-,10+,11+,12+,13+,14+,15-,16+,17+,18+,19-,20+,21+,22-,23+,24+,25+,26+,27-,28-/m0/s1. The van der Waals surface area contributed by atoms with E-state index in [9.17, 15) is 65.8 Å². The smallest absolute Gasteiger partial charge is 0.217 e. The maximum Gasteiger partial charge on any atom is 0.217 e. The lowest BCUT2D eigenvalue weighted by molar-refractivity contribution is -0.386. The van der Waals surface area contributed by atoms with Crippen LogP contribution in [0, 0.1) is 0 Å². The molecular weight excluding hydrogens is 684 g/mol. The van der Waals surface area contributed by atoms with Crippen LogP contribution in [0.1, 0.15) is 20.8 Å². The Hall–Kier alpha value is -1.78. The minimum Gasteiger partial charge on any atom is -0.394 e. The van der Waals surface area contributed by atoms with Gasteiger partial charge in [-0.05, 0) is 6.92 Å². The van der Waals surface area contributed by atoms with Crippen molar-refractivity contribution in [1.29, 1.82) is 0 Å². The monoisotopic (exact) mass is 732 g/mol. The molecule has 4 aliphatic heterocycles. The van der Waals surface area contributed by atoms with Crippen molar-refractivity contribution in [3.63, 3.8) is 0 Å². The first-order valence-corrected chi connectivity index (χ1v) is 15.9. The van der Waals surface area contributed by atoms with Crippen LogP contribution in [0.4, 0.5) is 0 Å². The van der Waals surface area contributed by atoms with E-state index in [1.54, 1.807) is 0 Å². The number of carbonyl (C=O) groups excluding carboxylic acids is 2. The number of rotatable bonds is 11. The number of aliphatic hydroxyl groups is 11. The molecule has 22 heteroatoms. The van der Waals surface area contributed by atoms with Gasteiger partial charge in [-0.2, -0.15) is 0 Å². The Morgan fingerprint density at radius 3 is 1.58 bits per heavy atom. The summed E-state index contributed by atoms with van der Waals surface area (Å²) in [5.41, 5.74) is 0.